The fourth-order valence-corrected chi connectivity index (χ4v) is 1.22. The molecule has 3 heteroatoms. The van der Waals surface area contributed by atoms with Gasteiger partial charge < -0.3 is 4.90 Å². The Kier molecular flexibility index (Phi) is 3.29. The van der Waals surface area contributed by atoms with Crippen LogP contribution in [-0.2, 0) is 13.0 Å². The molecule has 0 atom stereocenters. The summed E-state index contributed by atoms with van der Waals surface area (Å²) >= 11 is 0. The molecule has 0 aliphatic rings. The van der Waals surface area contributed by atoms with Crippen molar-refractivity contribution in [2.75, 3.05) is 14.1 Å². The molecule has 1 aromatic rings. The number of H-pyrrole nitrogens is 1. The van der Waals surface area contributed by atoms with Crippen LogP contribution in [0.4, 0.5) is 0 Å². The molecule has 1 N–H and O–H groups in total. The summed E-state index contributed by atoms with van der Waals surface area (Å²) in [5.41, 5.74) is 2.37. The van der Waals surface area contributed by atoms with Crippen LogP contribution in [0.25, 0.3) is 0 Å². The summed E-state index contributed by atoms with van der Waals surface area (Å²) < 4.78 is 0. The smallest absolute Gasteiger partial charge is 0.0625 e. The number of aromatic amines is 1. The molecule has 0 radical (unpaired) electrons. The minimum atomic E-state index is 0.941. The highest BCUT2D eigenvalue weighted by Crippen LogP contribution is 2.03. The van der Waals surface area contributed by atoms with Crippen LogP contribution < -0.4 is 0 Å². The molecule has 0 saturated carbocycles. The lowest BCUT2D eigenvalue weighted by molar-refractivity contribution is 0.396. The lowest BCUT2D eigenvalue weighted by atomic mass is 10.2. The molecule has 0 aliphatic carbocycles. The molecular formula is C9H17N3. The molecule has 0 spiro atoms. The highest BCUT2D eigenvalue weighted by atomic mass is 15.2. The molecule has 0 fully saturated rings. The minimum Gasteiger partial charge on any atom is -0.304 e. The van der Waals surface area contributed by atoms with Gasteiger partial charge >= 0.3 is 0 Å². The SMILES string of the molecule is CCCc1cc(CN(C)C)[nH]n1. The first-order valence-corrected chi connectivity index (χ1v) is 4.40. The van der Waals surface area contributed by atoms with Gasteiger partial charge in [0.25, 0.3) is 0 Å². The lowest BCUT2D eigenvalue weighted by Crippen LogP contribution is -2.10. The van der Waals surface area contributed by atoms with Gasteiger partial charge in [0.15, 0.2) is 0 Å². The molecule has 0 saturated heterocycles. The van der Waals surface area contributed by atoms with Crippen LogP contribution in [0.15, 0.2) is 6.07 Å². The third-order valence-electron chi connectivity index (χ3n) is 1.68. The number of nitrogens with one attached hydrogen (secondary N) is 1. The third-order valence-corrected chi connectivity index (χ3v) is 1.68. The first-order chi connectivity index (χ1) is 5.72. The van der Waals surface area contributed by atoms with Crippen LogP contribution in [0.1, 0.15) is 24.7 Å². The Morgan fingerprint density at radius 2 is 2.25 bits per heavy atom. The first kappa shape index (κ1) is 9.26. The molecule has 1 heterocycles. The Labute approximate surface area is 73.8 Å². The second kappa shape index (κ2) is 4.26. The zero-order chi connectivity index (χ0) is 8.97. The molecule has 0 unspecified atom stereocenters. The number of hydrogen-bond donors (Lipinski definition) is 1. The van der Waals surface area contributed by atoms with Gasteiger partial charge in [-0.15, -0.1) is 0 Å². The van der Waals surface area contributed by atoms with Gasteiger partial charge in [-0.1, -0.05) is 13.3 Å². The highest BCUT2D eigenvalue weighted by Gasteiger charge is 2.00. The fourth-order valence-electron chi connectivity index (χ4n) is 1.22. The lowest BCUT2D eigenvalue weighted by Gasteiger charge is -2.05. The van der Waals surface area contributed by atoms with E-state index in [0.717, 1.165) is 19.4 Å². The van der Waals surface area contributed by atoms with Crippen molar-refractivity contribution in [3.8, 4) is 0 Å². The zero-order valence-corrected chi connectivity index (χ0v) is 8.09. The van der Waals surface area contributed by atoms with Gasteiger partial charge in [0, 0.05) is 12.2 Å². The van der Waals surface area contributed by atoms with Crippen LogP contribution in [-0.4, -0.2) is 29.2 Å². The molecule has 0 aliphatic heterocycles. The van der Waals surface area contributed by atoms with Crippen LogP contribution in [0.5, 0.6) is 0 Å². The van der Waals surface area contributed by atoms with E-state index in [1.807, 2.05) is 0 Å². The maximum atomic E-state index is 4.21. The van der Waals surface area contributed by atoms with Gasteiger partial charge in [0.2, 0.25) is 0 Å². The Morgan fingerprint density at radius 1 is 1.50 bits per heavy atom. The van der Waals surface area contributed by atoms with Crippen molar-refractivity contribution < 1.29 is 0 Å². The fraction of sp³-hybridized carbons (Fsp3) is 0.667. The summed E-state index contributed by atoms with van der Waals surface area (Å²) in [6, 6.07) is 2.14. The zero-order valence-electron chi connectivity index (χ0n) is 8.09. The van der Waals surface area contributed by atoms with E-state index in [0.29, 0.717) is 0 Å². The number of nitrogens with zero attached hydrogens (tertiary/aromatic N) is 2. The van der Waals surface area contributed by atoms with E-state index in [1.54, 1.807) is 0 Å². The summed E-state index contributed by atoms with van der Waals surface area (Å²) in [7, 11) is 4.11. The molecule has 1 aromatic heterocycles. The van der Waals surface area contributed by atoms with Gasteiger partial charge in [0.1, 0.15) is 0 Å². The number of aromatic nitrogens is 2. The highest BCUT2D eigenvalue weighted by molar-refractivity contribution is 5.08. The molecular weight excluding hydrogens is 150 g/mol. The summed E-state index contributed by atoms with van der Waals surface area (Å²) in [5, 5.41) is 7.24. The van der Waals surface area contributed by atoms with Crippen molar-refractivity contribution in [1.29, 1.82) is 0 Å². The molecule has 12 heavy (non-hydrogen) atoms. The number of hydrogen-bond acceptors (Lipinski definition) is 2. The van der Waals surface area contributed by atoms with E-state index in [4.69, 9.17) is 0 Å². The van der Waals surface area contributed by atoms with E-state index in [2.05, 4.69) is 42.2 Å². The maximum absolute atomic E-state index is 4.21. The minimum absolute atomic E-state index is 0.941. The van der Waals surface area contributed by atoms with Gasteiger partial charge in [-0.3, -0.25) is 5.10 Å². The molecule has 0 amide bonds. The normalized spacial score (nSPS) is 11.0. The van der Waals surface area contributed by atoms with Gasteiger partial charge in [0.05, 0.1) is 5.69 Å². The van der Waals surface area contributed by atoms with E-state index < -0.39 is 0 Å². The topological polar surface area (TPSA) is 31.9 Å². The van der Waals surface area contributed by atoms with E-state index >= 15 is 0 Å². The van der Waals surface area contributed by atoms with Crippen LogP contribution >= 0.6 is 0 Å². The van der Waals surface area contributed by atoms with Crippen LogP contribution in [0, 0.1) is 0 Å². The quantitative estimate of drug-likeness (QED) is 0.735. The van der Waals surface area contributed by atoms with Gasteiger partial charge in [-0.2, -0.15) is 5.10 Å². The number of aryl methyl sites for hydroxylation is 1. The van der Waals surface area contributed by atoms with Crippen molar-refractivity contribution in [2.24, 2.45) is 0 Å². The maximum Gasteiger partial charge on any atom is 0.0625 e. The standard InChI is InChI=1S/C9H17N3/c1-4-5-8-6-9(11-10-8)7-12(2)3/h6H,4-5,7H2,1-3H3,(H,10,11). The Bertz CT molecular complexity index is 227. The van der Waals surface area contributed by atoms with E-state index in [-0.39, 0.29) is 0 Å². The molecule has 3 nitrogen and oxygen atoms in total. The van der Waals surface area contributed by atoms with E-state index in [9.17, 15) is 0 Å². The third kappa shape index (κ3) is 2.66. The predicted molar refractivity (Wildman–Crippen MR) is 50.0 cm³/mol. The van der Waals surface area contributed by atoms with Crippen LogP contribution in [0.2, 0.25) is 0 Å². The molecule has 0 bridgehead atoms. The Hall–Kier alpha value is -0.830. The Balaban J connectivity index is 2.52. The predicted octanol–water partition coefficient (Wildman–Crippen LogP) is 1.42. The summed E-state index contributed by atoms with van der Waals surface area (Å²) in [4.78, 5) is 2.13. The van der Waals surface area contributed by atoms with Gasteiger partial charge in [-0.25, -0.2) is 0 Å². The number of rotatable bonds is 4. The summed E-state index contributed by atoms with van der Waals surface area (Å²) in [6.07, 6.45) is 2.23. The van der Waals surface area contributed by atoms with Crippen molar-refractivity contribution in [3.63, 3.8) is 0 Å². The largest absolute Gasteiger partial charge is 0.304 e. The average molecular weight is 167 g/mol. The summed E-state index contributed by atoms with van der Waals surface area (Å²) in [6.45, 7) is 3.11. The molecule has 1 rings (SSSR count). The van der Waals surface area contributed by atoms with Crippen LogP contribution in [0.3, 0.4) is 0 Å². The van der Waals surface area contributed by atoms with E-state index in [1.165, 1.54) is 11.4 Å². The second-order valence-corrected chi connectivity index (χ2v) is 3.37. The van der Waals surface area contributed by atoms with Crippen molar-refractivity contribution >= 4 is 0 Å². The van der Waals surface area contributed by atoms with Crippen molar-refractivity contribution in [2.45, 2.75) is 26.3 Å². The molecule has 68 valence electrons. The van der Waals surface area contributed by atoms with Gasteiger partial charge in [-0.05, 0) is 26.6 Å². The first-order valence-electron chi connectivity index (χ1n) is 4.40. The second-order valence-electron chi connectivity index (χ2n) is 3.37. The average Bonchev–Trinajstić information content (AvgIpc) is 2.36. The van der Waals surface area contributed by atoms with Crippen molar-refractivity contribution in [1.82, 2.24) is 15.1 Å². The monoisotopic (exact) mass is 167 g/mol. The van der Waals surface area contributed by atoms with Crippen molar-refractivity contribution in [3.05, 3.63) is 17.5 Å². The molecule has 0 aromatic carbocycles. The summed E-state index contributed by atoms with van der Waals surface area (Å²) in [5.74, 6) is 0. The Morgan fingerprint density at radius 3 is 2.83 bits per heavy atom.